The molecule has 1 heterocycles. The number of carbonyl (C=O) groups is 3. The van der Waals surface area contributed by atoms with Crippen LogP contribution in [0.5, 0.6) is 0 Å². The quantitative estimate of drug-likeness (QED) is 0.687. The van der Waals surface area contributed by atoms with Crippen LogP contribution < -0.4 is 10.6 Å². The van der Waals surface area contributed by atoms with E-state index >= 15 is 0 Å². The fourth-order valence-corrected chi connectivity index (χ4v) is 3.66. The second kappa shape index (κ2) is 9.50. The highest BCUT2D eigenvalue weighted by molar-refractivity contribution is 7.18. The average molecular weight is 403 g/mol. The summed E-state index contributed by atoms with van der Waals surface area (Å²) in [6.45, 7) is 9.46. The summed E-state index contributed by atoms with van der Waals surface area (Å²) in [5.74, 6) is -1.14. The Morgan fingerprint density at radius 1 is 1.14 bits per heavy atom. The van der Waals surface area contributed by atoms with Gasteiger partial charge < -0.3 is 15.4 Å². The topological polar surface area (TPSA) is 84.5 Å². The summed E-state index contributed by atoms with van der Waals surface area (Å²) in [5, 5.41) is 6.16. The number of rotatable bonds is 7. The Balaban J connectivity index is 2.12. The summed E-state index contributed by atoms with van der Waals surface area (Å²) >= 11 is 1.16. The lowest BCUT2D eigenvalue weighted by Gasteiger charge is -2.21. The van der Waals surface area contributed by atoms with Gasteiger partial charge in [-0.1, -0.05) is 31.5 Å². The van der Waals surface area contributed by atoms with Crippen molar-refractivity contribution in [1.82, 2.24) is 5.32 Å². The van der Waals surface area contributed by atoms with E-state index in [1.807, 2.05) is 26.8 Å². The molecule has 6 nitrogen and oxygen atoms in total. The van der Waals surface area contributed by atoms with E-state index < -0.39 is 12.0 Å². The lowest BCUT2D eigenvalue weighted by molar-refractivity contribution is -0.118. The molecule has 0 bridgehead atoms. The van der Waals surface area contributed by atoms with E-state index in [0.29, 0.717) is 15.4 Å². The molecule has 0 aliphatic rings. The Bertz CT molecular complexity index is 873. The van der Waals surface area contributed by atoms with Crippen LogP contribution >= 0.6 is 11.3 Å². The number of hydrogen-bond donors (Lipinski definition) is 2. The van der Waals surface area contributed by atoms with Crippen molar-refractivity contribution < 1.29 is 19.1 Å². The van der Waals surface area contributed by atoms with Gasteiger partial charge in [0.15, 0.2) is 0 Å². The third-order valence-corrected chi connectivity index (χ3v) is 5.27. The minimum absolute atomic E-state index is 0.112. The number of carbonyl (C=O) groups excluding carboxylic acids is 3. The van der Waals surface area contributed by atoms with Crippen LogP contribution in [0, 0.1) is 19.8 Å². The standard InChI is InChI=1S/C21H26N2O4S/c1-6-27-21(26)18-14(5)11-16(28-18)22-20(25)17(12(2)3)23-19(24)15-9-7-8-13(4)10-15/h7-12,17H,6H2,1-5H3,(H,22,25)(H,23,24). The van der Waals surface area contributed by atoms with Crippen molar-refractivity contribution in [2.75, 3.05) is 11.9 Å². The van der Waals surface area contributed by atoms with Crippen LogP contribution in [0.25, 0.3) is 0 Å². The summed E-state index contributed by atoms with van der Waals surface area (Å²) in [5.41, 5.74) is 2.22. The van der Waals surface area contributed by atoms with Crippen molar-refractivity contribution in [1.29, 1.82) is 0 Å². The fraction of sp³-hybridized carbons (Fsp3) is 0.381. The fourth-order valence-electron chi connectivity index (χ4n) is 2.69. The van der Waals surface area contributed by atoms with Gasteiger partial charge in [-0.25, -0.2) is 4.79 Å². The summed E-state index contributed by atoms with van der Waals surface area (Å²) in [4.78, 5) is 37.7. The van der Waals surface area contributed by atoms with Gasteiger partial charge >= 0.3 is 5.97 Å². The van der Waals surface area contributed by atoms with Crippen molar-refractivity contribution in [2.24, 2.45) is 5.92 Å². The van der Waals surface area contributed by atoms with Crippen LogP contribution in [0.1, 0.15) is 51.9 Å². The molecule has 0 saturated carbocycles. The van der Waals surface area contributed by atoms with E-state index in [4.69, 9.17) is 4.74 Å². The van der Waals surface area contributed by atoms with Gasteiger partial charge in [-0.2, -0.15) is 0 Å². The molecule has 0 fully saturated rings. The SMILES string of the molecule is CCOC(=O)c1sc(NC(=O)C(NC(=O)c2cccc(C)c2)C(C)C)cc1C. The molecule has 7 heteroatoms. The first-order chi connectivity index (χ1) is 13.2. The van der Waals surface area contributed by atoms with Gasteiger partial charge in [0, 0.05) is 5.56 Å². The zero-order valence-electron chi connectivity index (χ0n) is 16.8. The van der Waals surface area contributed by atoms with Gasteiger partial charge in [-0.3, -0.25) is 9.59 Å². The first-order valence-electron chi connectivity index (χ1n) is 9.18. The van der Waals surface area contributed by atoms with E-state index in [1.165, 1.54) is 0 Å². The van der Waals surface area contributed by atoms with E-state index in [-0.39, 0.29) is 24.3 Å². The molecule has 1 unspecified atom stereocenters. The molecule has 0 spiro atoms. The van der Waals surface area contributed by atoms with Crippen LogP contribution in [0.3, 0.4) is 0 Å². The zero-order valence-corrected chi connectivity index (χ0v) is 17.6. The first kappa shape index (κ1) is 21.6. The molecule has 150 valence electrons. The molecule has 2 rings (SSSR count). The molecular formula is C21H26N2O4S. The molecule has 1 aromatic carbocycles. The van der Waals surface area contributed by atoms with Gasteiger partial charge in [0.2, 0.25) is 5.91 Å². The van der Waals surface area contributed by atoms with Crippen LogP contribution in [0.4, 0.5) is 5.00 Å². The van der Waals surface area contributed by atoms with E-state index in [9.17, 15) is 14.4 Å². The largest absolute Gasteiger partial charge is 0.462 e. The van der Waals surface area contributed by atoms with Crippen molar-refractivity contribution in [2.45, 2.75) is 40.7 Å². The number of esters is 1. The van der Waals surface area contributed by atoms with Gasteiger partial charge in [0.05, 0.1) is 11.6 Å². The van der Waals surface area contributed by atoms with Crippen molar-refractivity contribution >= 4 is 34.1 Å². The number of hydrogen-bond acceptors (Lipinski definition) is 5. The van der Waals surface area contributed by atoms with E-state index in [2.05, 4.69) is 10.6 Å². The number of benzene rings is 1. The normalized spacial score (nSPS) is 11.8. The van der Waals surface area contributed by atoms with E-state index in [1.54, 1.807) is 38.1 Å². The van der Waals surface area contributed by atoms with Crippen LogP contribution in [-0.4, -0.2) is 30.4 Å². The van der Waals surface area contributed by atoms with Crippen molar-refractivity contribution in [3.8, 4) is 0 Å². The number of thiophene rings is 1. The lowest BCUT2D eigenvalue weighted by Crippen LogP contribution is -2.47. The number of anilines is 1. The third-order valence-electron chi connectivity index (χ3n) is 4.14. The molecule has 0 aliphatic carbocycles. The average Bonchev–Trinajstić information content (AvgIpc) is 2.99. The van der Waals surface area contributed by atoms with Gasteiger partial charge in [0.1, 0.15) is 10.9 Å². The van der Waals surface area contributed by atoms with Crippen LogP contribution in [0.15, 0.2) is 30.3 Å². The molecule has 2 amide bonds. The predicted molar refractivity (Wildman–Crippen MR) is 111 cm³/mol. The summed E-state index contributed by atoms with van der Waals surface area (Å²) in [6.07, 6.45) is 0. The lowest BCUT2D eigenvalue weighted by atomic mass is 10.0. The first-order valence-corrected chi connectivity index (χ1v) is 10.0. The molecule has 1 aromatic heterocycles. The molecule has 28 heavy (non-hydrogen) atoms. The van der Waals surface area contributed by atoms with E-state index in [0.717, 1.165) is 22.5 Å². The molecular weight excluding hydrogens is 376 g/mol. The Morgan fingerprint density at radius 3 is 2.46 bits per heavy atom. The maximum absolute atomic E-state index is 12.8. The molecule has 2 N–H and O–H groups in total. The second-order valence-corrected chi connectivity index (χ2v) is 7.95. The van der Waals surface area contributed by atoms with Crippen molar-refractivity contribution in [3.63, 3.8) is 0 Å². The number of aryl methyl sites for hydroxylation is 2. The second-order valence-electron chi connectivity index (χ2n) is 6.90. The molecule has 2 aromatic rings. The zero-order chi connectivity index (χ0) is 20.8. The number of amides is 2. The summed E-state index contributed by atoms with van der Waals surface area (Å²) < 4.78 is 5.03. The summed E-state index contributed by atoms with van der Waals surface area (Å²) in [6, 6.07) is 8.23. The van der Waals surface area contributed by atoms with Gasteiger partial charge in [-0.05, 0) is 50.5 Å². The highest BCUT2D eigenvalue weighted by Crippen LogP contribution is 2.27. The number of nitrogens with one attached hydrogen (secondary N) is 2. The van der Waals surface area contributed by atoms with Crippen molar-refractivity contribution in [3.05, 3.63) is 51.9 Å². The Kier molecular flexibility index (Phi) is 7.34. The predicted octanol–water partition coefficient (Wildman–Crippen LogP) is 3.93. The maximum Gasteiger partial charge on any atom is 0.348 e. The molecule has 0 radical (unpaired) electrons. The highest BCUT2D eigenvalue weighted by Gasteiger charge is 2.26. The minimum Gasteiger partial charge on any atom is -0.462 e. The maximum atomic E-state index is 12.8. The molecule has 0 saturated heterocycles. The Morgan fingerprint density at radius 2 is 1.86 bits per heavy atom. The smallest absolute Gasteiger partial charge is 0.348 e. The van der Waals surface area contributed by atoms with Gasteiger partial charge in [0.25, 0.3) is 5.91 Å². The Labute approximate surface area is 169 Å². The molecule has 0 aliphatic heterocycles. The third kappa shape index (κ3) is 5.42. The van der Waals surface area contributed by atoms with Gasteiger partial charge in [-0.15, -0.1) is 11.3 Å². The molecule has 1 atom stereocenters. The summed E-state index contributed by atoms with van der Waals surface area (Å²) in [7, 11) is 0. The van der Waals surface area contributed by atoms with Crippen LogP contribution in [0.2, 0.25) is 0 Å². The Hall–Kier alpha value is -2.67. The minimum atomic E-state index is -0.707. The van der Waals surface area contributed by atoms with Crippen LogP contribution in [-0.2, 0) is 9.53 Å². The highest BCUT2D eigenvalue weighted by atomic mass is 32.1. The monoisotopic (exact) mass is 402 g/mol. The number of ether oxygens (including phenoxy) is 1.